The van der Waals surface area contributed by atoms with Crippen LogP contribution in [0.5, 0.6) is 0 Å². The van der Waals surface area contributed by atoms with Crippen molar-refractivity contribution in [2.75, 3.05) is 20.2 Å². The van der Waals surface area contributed by atoms with Gasteiger partial charge in [-0.1, -0.05) is 0 Å². The summed E-state index contributed by atoms with van der Waals surface area (Å²) in [5, 5.41) is 8.49. The van der Waals surface area contributed by atoms with Gasteiger partial charge in [-0.15, -0.1) is 0 Å². The van der Waals surface area contributed by atoms with E-state index in [9.17, 15) is 9.59 Å². The Balaban J connectivity index is 2.13. The quantitative estimate of drug-likeness (QED) is 0.704. The van der Waals surface area contributed by atoms with E-state index in [2.05, 4.69) is 0 Å². The lowest BCUT2D eigenvalue weighted by Gasteiger charge is -2.27. The summed E-state index contributed by atoms with van der Waals surface area (Å²) in [6, 6.07) is 0. The molecular formula is C13H23NO4. The monoisotopic (exact) mass is 257 g/mol. The average Bonchev–Trinajstić information content (AvgIpc) is 2.35. The van der Waals surface area contributed by atoms with Crippen LogP contribution >= 0.6 is 0 Å². The van der Waals surface area contributed by atoms with Gasteiger partial charge in [-0.25, -0.2) is 0 Å². The van der Waals surface area contributed by atoms with Crippen molar-refractivity contribution in [1.82, 2.24) is 4.90 Å². The van der Waals surface area contributed by atoms with E-state index in [1.165, 1.54) is 6.42 Å². The first-order valence-corrected chi connectivity index (χ1v) is 6.67. The van der Waals surface area contributed by atoms with Gasteiger partial charge in [-0.3, -0.25) is 9.59 Å². The maximum absolute atomic E-state index is 11.8. The molecule has 1 saturated heterocycles. The molecule has 0 aromatic rings. The Bertz CT molecular complexity index is 274. The molecule has 1 atom stereocenters. The predicted octanol–water partition coefficient (Wildman–Crippen LogP) is 1.66. The van der Waals surface area contributed by atoms with Gasteiger partial charge in [0.05, 0.1) is 6.10 Å². The van der Waals surface area contributed by atoms with Gasteiger partial charge in [-0.05, 0) is 32.1 Å². The standard InChI is InChI=1S/C13H23NO4/c1-14(10-11-6-4-5-9-18-11)12(15)7-2-3-8-13(16)17/h11H,2-10H2,1H3,(H,16,17). The summed E-state index contributed by atoms with van der Waals surface area (Å²) in [4.78, 5) is 23.8. The third kappa shape index (κ3) is 6.00. The molecule has 1 N–H and O–H groups in total. The summed E-state index contributed by atoms with van der Waals surface area (Å²) in [7, 11) is 1.79. The van der Waals surface area contributed by atoms with Gasteiger partial charge in [0.25, 0.3) is 0 Å². The lowest BCUT2D eigenvalue weighted by molar-refractivity contribution is -0.137. The van der Waals surface area contributed by atoms with Crippen LogP contribution in [0.1, 0.15) is 44.9 Å². The van der Waals surface area contributed by atoms with Gasteiger partial charge in [0.1, 0.15) is 0 Å². The van der Waals surface area contributed by atoms with Crippen LogP contribution in [0.15, 0.2) is 0 Å². The molecule has 1 aliphatic rings. The Morgan fingerprint density at radius 3 is 2.61 bits per heavy atom. The number of unbranched alkanes of at least 4 members (excludes halogenated alkanes) is 1. The highest BCUT2D eigenvalue weighted by atomic mass is 16.5. The van der Waals surface area contributed by atoms with Crippen LogP contribution in [0.4, 0.5) is 0 Å². The number of ether oxygens (including phenoxy) is 1. The number of hydrogen-bond acceptors (Lipinski definition) is 3. The number of carbonyl (C=O) groups is 2. The Morgan fingerprint density at radius 2 is 2.00 bits per heavy atom. The second kappa shape index (κ2) is 8.08. The Morgan fingerprint density at radius 1 is 1.28 bits per heavy atom. The van der Waals surface area contributed by atoms with Crippen molar-refractivity contribution in [2.24, 2.45) is 0 Å². The molecule has 0 bridgehead atoms. The van der Waals surface area contributed by atoms with Crippen molar-refractivity contribution >= 4 is 11.9 Å². The minimum absolute atomic E-state index is 0.0783. The molecule has 5 heteroatoms. The smallest absolute Gasteiger partial charge is 0.303 e. The van der Waals surface area contributed by atoms with Crippen molar-refractivity contribution in [3.8, 4) is 0 Å². The van der Waals surface area contributed by atoms with Crippen molar-refractivity contribution < 1.29 is 19.4 Å². The highest BCUT2D eigenvalue weighted by Crippen LogP contribution is 2.14. The summed E-state index contributed by atoms with van der Waals surface area (Å²) >= 11 is 0. The van der Waals surface area contributed by atoms with E-state index in [1.54, 1.807) is 11.9 Å². The summed E-state index contributed by atoms with van der Waals surface area (Å²) < 4.78 is 5.58. The minimum atomic E-state index is -0.800. The van der Waals surface area contributed by atoms with Gasteiger partial charge < -0.3 is 14.7 Å². The molecule has 0 radical (unpaired) electrons. The fourth-order valence-electron chi connectivity index (χ4n) is 2.10. The van der Waals surface area contributed by atoms with E-state index in [4.69, 9.17) is 9.84 Å². The van der Waals surface area contributed by atoms with Crippen molar-refractivity contribution in [3.63, 3.8) is 0 Å². The molecule has 1 heterocycles. The van der Waals surface area contributed by atoms with E-state index in [0.29, 0.717) is 25.8 Å². The van der Waals surface area contributed by atoms with E-state index < -0.39 is 5.97 Å². The molecule has 1 fully saturated rings. The second-order valence-electron chi connectivity index (χ2n) is 4.86. The van der Waals surface area contributed by atoms with E-state index in [0.717, 1.165) is 19.4 Å². The van der Waals surface area contributed by atoms with Crippen molar-refractivity contribution in [1.29, 1.82) is 0 Å². The number of rotatable bonds is 7. The normalized spacial score (nSPS) is 19.5. The largest absolute Gasteiger partial charge is 0.481 e. The topological polar surface area (TPSA) is 66.8 Å². The minimum Gasteiger partial charge on any atom is -0.481 e. The Kier molecular flexibility index (Phi) is 6.72. The Hall–Kier alpha value is -1.10. The van der Waals surface area contributed by atoms with E-state index in [1.807, 2.05) is 0 Å². The predicted molar refractivity (Wildman–Crippen MR) is 67.3 cm³/mol. The zero-order valence-corrected chi connectivity index (χ0v) is 11.1. The zero-order chi connectivity index (χ0) is 13.4. The average molecular weight is 257 g/mol. The summed E-state index contributed by atoms with van der Waals surface area (Å²) in [5.74, 6) is -0.721. The lowest BCUT2D eigenvalue weighted by Crippen LogP contribution is -2.37. The number of likely N-dealkylation sites (N-methyl/N-ethyl adjacent to an activating group) is 1. The van der Waals surface area contributed by atoms with E-state index in [-0.39, 0.29) is 18.4 Å². The molecule has 0 spiro atoms. The molecule has 0 aliphatic carbocycles. The highest BCUT2D eigenvalue weighted by molar-refractivity contribution is 5.75. The van der Waals surface area contributed by atoms with Gasteiger partial charge in [0.2, 0.25) is 5.91 Å². The molecule has 1 aliphatic heterocycles. The van der Waals surface area contributed by atoms with Crippen LogP contribution in [0.2, 0.25) is 0 Å². The fraction of sp³-hybridized carbons (Fsp3) is 0.846. The SMILES string of the molecule is CN(CC1CCCCO1)C(=O)CCCCC(=O)O. The van der Waals surface area contributed by atoms with Crippen LogP contribution < -0.4 is 0 Å². The number of carbonyl (C=O) groups excluding carboxylic acids is 1. The molecule has 104 valence electrons. The maximum atomic E-state index is 11.8. The van der Waals surface area contributed by atoms with Crippen LogP contribution in [-0.4, -0.2) is 48.2 Å². The molecule has 5 nitrogen and oxygen atoms in total. The molecule has 0 aromatic heterocycles. The fourth-order valence-corrected chi connectivity index (χ4v) is 2.10. The van der Waals surface area contributed by atoms with Gasteiger partial charge >= 0.3 is 5.97 Å². The Labute approximate surface area is 108 Å². The molecule has 0 saturated carbocycles. The first-order chi connectivity index (χ1) is 8.59. The zero-order valence-electron chi connectivity index (χ0n) is 11.1. The first-order valence-electron chi connectivity index (χ1n) is 6.67. The first kappa shape index (κ1) is 15.0. The van der Waals surface area contributed by atoms with Gasteiger partial charge in [0.15, 0.2) is 0 Å². The van der Waals surface area contributed by atoms with Crippen LogP contribution in [0.25, 0.3) is 0 Å². The molecule has 18 heavy (non-hydrogen) atoms. The van der Waals surface area contributed by atoms with Crippen molar-refractivity contribution in [2.45, 2.75) is 51.0 Å². The van der Waals surface area contributed by atoms with Gasteiger partial charge in [0, 0.05) is 33.0 Å². The molecular weight excluding hydrogens is 234 g/mol. The summed E-state index contributed by atoms with van der Waals surface area (Å²) in [6.07, 6.45) is 5.26. The van der Waals surface area contributed by atoms with Crippen LogP contribution in [-0.2, 0) is 14.3 Å². The third-order valence-electron chi connectivity index (χ3n) is 3.21. The number of aliphatic carboxylic acids is 1. The summed E-state index contributed by atoms with van der Waals surface area (Å²) in [6.45, 7) is 1.45. The second-order valence-corrected chi connectivity index (χ2v) is 4.86. The lowest BCUT2D eigenvalue weighted by atomic mass is 10.1. The summed E-state index contributed by atoms with van der Waals surface area (Å²) in [5.41, 5.74) is 0. The molecule has 1 unspecified atom stereocenters. The number of carboxylic acid groups (broad SMARTS) is 1. The van der Waals surface area contributed by atoms with Crippen LogP contribution in [0.3, 0.4) is 0 Å². The van der Waals surface area contributed by atoms with Gasteiger partial charge in [-0.2, -0.15) is 0 Å². The number of hydrogen-bond donors (Lipinski definition) is 1. The third-order valence-corrected chi connectivity index (χ3v) is 3.21. The number of carboxylic acids is 1. The number of nitrogens with zero attached hydrogens (tertiary/aromatic N) is 1. The van der Waals surface area contributed by atoms with Crippen molar-refractivity contribution in [3.05, 3.63) is 0 Å². The van der Waals surface area contributed by atoms with E-state index >= 15 is 0 Å². The highest BCUT2D eigenvalue weighted by Gasteiger charge is 2.18. The molecule has 1 amide bonds. The maximum Gasteiger partial charge on any atom is 0.303 e. The number of amides is 1. The molecule has 1 rings (SSSR count). The van der Waals surface area contributed by atoms with Crippen LogP contribution in [0, 0.1) is 0 Å². The molecule has 0 aromatic carbocycles.